The maximum atomic E-state index is 11.8. The number of primary amides is 1. The number of para-hydroxylation sites is 1. The summed E-state index contributed by atoms with van der Waals surface area (Å²) in [6, 6.07) is 15.8. The number of halogens is 2. The number of nitrogens with one attached hydrogen (secondary N) is 2. The molecule has 0 bridgehead atoms. The van der Waals surface area contributed by atoms with Crippen LogP contribution in [0.25, 0.3) is 11.2 Å². The minimum Gasteiger partial charge on any atom is -0.369 e. The van der Waals surface area contributed by atoms with Crippen molar-refractivity contribution in [2.24, 2.45) is 11.7 Å². The Labute approximate surface area is 253 Å². The van der Waals surface area contributed by atoms with E-state index in [1.54, 1.807) is 18.3 Å². The number of hydrogen-bond acceptors (Lipinski definition) is 8. The van der Waals surface area contributed by atoms with Crippen molar-refractivity contribution in [3.63, 3.8) is 0 Å². The van der Waals surface area contributed by atoms with Gasteiger partial charge < -0.3 is 21.3 Å². The first-order valence-corrected chi connectivity index (χ1v) is 14.9. The van der Waals surface area contributed by atoms with E-state index in [1.807, 2.05) is 6.07 Å². The van der Waals surface area contributed by atoms with Crippen molar-refractivity contribution in [2.45, 2.75) is 50.6 Å². The molecular weight excluding hydrogens is 573 g/mol. The molecule has 10 nitrogen and oxygen atoms in total. The second kappa shape index (κ2) is 12.0. The molecule has 0 radical (unpaired) electrons. The van der Waals surface area contributed by atoms with Crippen LogP contribution in [0.15, 0.2) is 48.7 Å². The average Bonchev–Trinajstić information content (AvgIpc) is 3.36. The van der Waals surface area contributed by atoms with Gasteiger partial charge in [-0.1, -0.05) is 41.4 Å². The van der Waals surface area contributed by atoms with Gasteiger partial charge in [-0.15, -0.1) is 0 Å². The number of benzene rings is 2. The van der Waals surface area contributed by atoms with Crippen molar-refractivity contribution < 1.29 is 4.79 Å². The first-order valence-electron chi connectivity index (χ1n) is 14.2. The fraction of sp³-hybridized carbons (Fsp3) is 0.367. The highest BCUT2D eigenvalue weighted by atomic mass is 35.5. The number of piperidine rings is 1. The lowest BCUT2D eigenvalue weighted by atomic mass is 9.85. The maximum Gasteiger partial charge on any atom is 0.225 e. The van der Waals surface area contributed by atoms with Gasteiger partial charge in [-0.3, -0.25) is 9.36 Å². The summed E-state index contributed by atoms with van der Waals surface area (Å²) >= 11 is 13.0. The van der Waals surface area contributed by atoms with Crippen molar-refractivity contribution in [3.8, 4) is 6.07 Å². The van der Waals surface area contributed by atoms with E-state index < -0.39 is 0 Å². The SMILES string of the molecule is N#Cc1cc(Cl)c(Nc2nc3cnc(N[C@@H]4CCCN(c5ccccc5)C4)nc3n2C2CCC(C(N)=O)CC2)c(Cl)c1. The van der Waals surface area contributed by atoms with E-state index in [-0.39, 0.29) is 23.9 Å². The topological polar surface area (TPSA) is 138 Å². The lowest BCUT2D eigenvalue weighted by Gasteiger charge is -2.34. The van der Waals surface area contributed by atoms with Crippen LogP contribution >= 0.6 is 23.2 Å². The number of aromatic nitrogens is 4. The Hall–Kier alpha value is -4.07. The summed E-state index contributed by atoms with van der Waals surface area (Å²) < 4.78 is 2.06. The van der Waals surface area contributed by atoms with Crippen LogP contribution in [0.2, 0.25) is 10.0 Å². The molecule has 2 fully saturated rings. The molecule has 1 aliphatic heterocycles. The predicted molar refractivity (Wildman–Crippen MR) is 165 cm³/mol. The highest BCUT2D eigenvalue weighted by Gasteiger charge is 2.30. The number of nitrogens with zero attached hydrogens (tertiary/aromatic N) is 6. The highest BCUT2D eigenvalue weighted by molar-refractivity contribution is 6.39. The van der Waals surface area contributed by atoms with Crippen LogP contribution in [0.1, 0.15) is 50.1 Å². The number of nitrogens with two attached hydrogens (primary N) is 1. The lowest BCUT2D eigenvalue weighted by Crippen LogP contribution is -2.42. The van der Waals surface area contributed by atoms with Crippen LogP contribution in [-0.2, 0) is 4.79 Å². The fourth-order valence-corrected chi connectivity index (χ4v) is 6.61. The van der Waals surface area contributed by atoms with Gasteiger partial charge in [0.15, 0.2) is 5.65 Å². The van der Waals surface area contributed by atoms with Crippen molar-refractivity contribution >= 4 is 63.5 Å². The Bertz CT molecular complexity index is 1620. The van der Waals surface area contributed by atoms with Crippen LogP contribution < -0.4 is 21.3 Å². The Morgan fingerprint density at radius 2 is 1.79 bits per heavy atom. The van der Waals surface area contributed by atoms with Crippen molar-refractivity contribution in [2.75, 3.05) is 28.6 Å². The van der Waals surface area contributed by atoms with E-state index in [0.717, 1.165) is 38.8 Å². The number of carbonyl (C=O) groups is 1. The number of hydrogen-bond donors (Lipinski definition) is 3. The van der Waals surface area contributed by atoms with E-state index in [1.165, 1.54) is 5.69 Å². The normalized spacial score (nSPS) is 20.7. The molecule has 2 aromatic heterocycles. The van der Waals surface area contributed by atoms with Gasteiger partial charge in [0, 0.05) is 36.8 Å². The molecule has 6 rings (SSSR count). The second-order valence-electron chi connectivity index (χ2n) is 10.9. The molecular formula is C30H31Cl2N9O. The molecule has 1 amide bonds. The Balaban J connectivity index is 1.32. The summed E-state index contributed by atoms with van der Waals surface area (Å²) in [5.41, 5.74) is 8.93. The molecule has 0 unspecified atom stereocenters. The highest BCUT2D eigenvalue weighted by Crippen LogP contribution is 2.39. The maximum absolute atomic E-state index is 11.8. The zero-order valence-electron chi connectivity index (χ0n) is 22.9. The summed E-state index contributed by atoms with van der Waals surface area (Å²) in [5.74, 6) is 0.653. The van der Waals surface area contributed by atoms with Gasteiger partial charge in [0.25, 0.3) is 0 Å². The Morgan fingerprint density at radius 1 is 1.05 bits per heavy atom. The summed E-state index contributed by atoms with van der Waals surface area (Å²) in [7, 11) is 0. The summed E-state index contributed by atoms with van der Waals surface area (Å²) in [6.07, 6.45) is 6.66. The van der Waals surface area contributed by atoms with Crippen molar-refractivity contribution in [1.29, 1.82) is 5.26 Å². The first kappa shape index (κ1) is 28.1. The number of amides is 1. The van der Waals surface area contributed by atoms with Gasteiger partial charge >= 0.3 is 0 Å². The molecule has 1 aliphatic carbocycles. The smallest absolute Gasteiger partial charge is 0.225 e. The summed E-state index contributed by atoms with van der Waals surface area (Å²) in [6.45, 7) is 1.86. The third kappa shape index (κ3) is 5.80. The number of fused-ring (bicyclic) bond motifs is 1. The van der Waals surface area contributed by atoms with Gasteiger partial charge in [0.2, 0.25) is 17.8 Å². The van der Waals surface area contributed by atoms with Gasteiger partial charge in [0.1, 0.15) is 5.52 Å². The summed E-state index contributed by atoms with van der Waals surface area (Å²) in [4.78, 5) is 28.6. The van der Waals surface area contributed by atoms with Gasteiger partial charge in [-0.25, -0.2) is 9.97 Å². The molecule has 0 spiro atoms. The largest absolute Gasteiger partial charge is 0.369 e. The van der Waals surface area contributed by atoms with Gasteiger partial charge in [-0.05, 0) is 62.8 Å². The zero-order chi connectivity index (χ0) is 29.2. The molecule has 4 N–H and O–H groups in total. The monoisotopic (exact) mass is 603 g/mol. The molecule has 2 aliphatic rings. The standard InChI is InChI=1S/C30H31Cl2N9O/c31-23-13-18(15-33)14-24(32)26(23)38-30-37-25-16-35-29(36-20-5-4-12-40(17-20)21-6-2-1-3-7-21)39-28(25)41(30)22-10-8-19(9-11-22)27(34)42/h1-3,6-7,13-14,16,19-20,22H,4-5,8-12,17H2,(H2,34,42)(H,37,38)(H,35,36,39)/t19?,20-,22?/m1/s1. The molecule has 1 atom stereocenters. The number of rotatable bonds is 7. The lowest BCUT2D eigenvalue weighted by molar-refractivity contribution is -0.122. The van der Waals surface area contributed by atoms with Crippen molar-refractivity contribution in [1.82, 2.24) is 19.5 Å². The molecule has 4 aromatic rings. The van der Waals surface area contributed by atoms with Crippen LogP contribution in [0.4, 0.5) is 23.3 Å². The van der Waals surface area contributed by atoms with E-state index in [4.69, 9.17) is 38.9 Å². The molecule has 2 aromatic carbocycles. The van der Waals surface area contributed by atoms with Crippen LogP contribution in [0.5, 0.6) is 0 Å². The van der Waals surface area contributed by atoms with Crippen LogP contribution in [0.3, 0.4) is 0 Å². The van der Waals surface area contributed by atoms with E-state index in [2.05, 4.69) is 55.4 Å². The number of imidazole rings is 1. The quantitative estimate of drug-likeness (QED) is 0.232. The molecule has 42 heavy (non-hydrogen) atoms. The Kier molecular flexibility index (Phi) is 8.05. The molecule has 1 saturated carbocycles. The fourth-order valence-electron chi connectivity index (χ4n) is 6.03. The second-order valence-corrected chi connectivity index (χ2v) is 11.7. The zero-order valence-corrected chi connectivity index (χ0v) is 24.4. The molecule has 216 valence electrons. The van der Waals surface area contributed by atoms with E-state index in [0.29, 0.717) is 57.2 Å². The molecule has 12 heteroatoms. The van der Waals surface area contributed by atoms with E-state index in [9.17, 15) is 10.1 Å². The minimum atomic E-state index is -0.260. The van der Waals surface area contributed by atoms with Crippen molar-refractivity contribution in [3.05, 3.63) is 64.3 Å². The predicted octanol–water partition coefficient (Wildman–Crippen LogP) is 6.05. The van der Waals surface area contributed by atoms with Crippen LogP contribution in [-0.4, -0.2) is 44.6 Å². The van der Waals surface area contributed by atoms with Gasteiger partial charge in [-0.2, -0.15) is 10.2 Å². The first-order chi connectivity index (χ1) is 20.4. The average molecular weight is 605 g/mol. The summed E-state index contributed by atoms with van der Waals surface area (Å²) in [5, 5.41) is 16.8. The number of nitriles is 1. The third-order valence-corrected chi connectivity index (χ3v) is 8.78. The number of anilines is 4. The minimum absolute atomic E-state index is 0.0232. The van der Waals surface area contributed by atoms with Crippen LogP contribution in [0, 0.1) is 17.2 Å². The third-order valence-electron chi connectivity index (χ3n) is 8.18. The molecule has 3 heterocycles. The Morgan fingerprint density at radius 3 is 2.48 bits per heavy atom. The number of carbonyl (C=O) groups excluding carboxylic acids is 1. The molecule has 1 saturated heterocycles. The van der Waals surface area contributed by atoms with Gasteiger partial charge in [0.05, 0.1) is 33.6 Å². The van der Waals surface area contributed by atoms with E-state index >= 15 is 0 Å².